The van der Waals surface area contributed by atoms with Crippen LogP contribution in [0.4, 0.5) is 0 Å². The average Bonchev–Trinajstić information content (AvgIpc) is 2.38. The van der Waals surface area contributed by atoms with E-state index in [2.05, 4.69) is 9.88 Å². The van der Waals surface area contributed by atoms with E-state index in [-0.39, 0.29) is 0 Å². The maximum atomic E-state index is 5.77. The summed E-state index contributed by atoms with van der Waals surface area (Å²) in [4.78, 5) is 7.02. The van der Waals surface area contributed by atoms with Crippen molar-refractivity contribution >= 4 is 0 Å². The van der Waals surface area contributed by atoms with E-state index in [9.17, 15) is 0 Å². The highest BCUT2D eigenvalue weighted by Gasteiger charge is 2.19. The number of nitrogens with zero attached hydrogens (tertiary/aromatic N) is 2. The van der Waals surface area contributed by atoms with Crippen LogP contribution in [0.3, 0.4) is 0 Å². The molecule has 1 atom stereocenters. The molecule has 0 aromatic carbocycles. The standard InChI is InChI=1S/C14H23N3O/c1-11-6-14(18-2)7-13(16-11)10-17-5-3-4-12(8-15)9-17/h6-7,12H,3-5,8-10,15H2,1-2H3. The molecule has 4 nitrogen and oxygen atoms in total. The van der Waals surface area contributed by atoms with E-state index in [0.717, 1.165) is 43.3 Å². The molecule has 1 fully saturated rings. The van der Waals surface area contributed by atoms with E-state index in [4.69, 9.17) is 10.5 Å². The fraction of sp³-hybridized carbons (Fsp3) is 0.643. The van der Waals surface area contributed by atoms with Gasteiger partial charge in [-0.3, -0.25) is 9.88 Å². The van der Waals surface area contributed by atoms with Gasteiger partial charge in [0.15, 0.2) is 0 Å². The van der Waals surface area contributed by atoms with Gasteiger partial charge in [0.2, 0.25) is 0 Å². The minimum Gasteiger partial charge on any atom is -0.497 e. The topological polar surface area (TPSA) is 51.4 Å². The second-order valence-corrected chi connectivity index (χ2v) is 5.12. The molecule has 4 heteroatoms. The van der Waals surface area contributed by atoms with Gasteiger partial charge in [0.25, 0.3) is 0 Å². The molecule has 1 aromatic heterocycles. The van der Waals surface area contributed by atoms with Crippen LogP contribution in [0, 0.1) is 12.8 Å². The SMILES string of the molecule is COc1cc(C)nc(CN2CCCC(CN)C2)c1. The van der Waals surface area contributed by atoms with E-state index in [1.54, 1.807) is 7.11 Å². The van der Waals surface area contributed by atoms with Gasteiger partial charge in [0, 0.05) is 30.9 Å². The highest BCUT2D eigenvalue weighted by molar-refractivity contribution is 5.26. The van der Waals surface area contributed by atoms with Crippen molar-refractivity contribution in [2.75, 3.05) is 26.7 Å². The first-order valence-electron chi connectivity index (χ1n) is 6.65. The Balaban J connectivity index is 2.02. The Labute approximate surface area is 109 Å². The molecular formula is C14H23N3O. The van der Waals surface area contributed by atoms with Crippen LogP contribution in [0.1, 0.15) is 24.2 Å². The smallest absolute Gasteiger partial charge is 0.122 e. The van der Waals surface area contributed by atoms with Crippen molar-refractivity contribution in [2.24, 2.45) is 11.7 Å². The van der Waals surface area contributed by atoms with Crippen molar-refractivity contribution < 1.29 is 4.74 Å². The number of pyridine rings is 1. The lowest BCUT2D eigenvalue weighted by molar-refractivity contribution is 0.169. The van der Waals surface area contributed by atoms with Crippen LogP contribution in [0.5, 0.6) is 5.75 Å². The third-order valence-electron chi connectivity index (χ3n) is 3.54. The molecule has 0 aliphatic carbocycles. The van der Waals surface area contributed by atoms with Gasteiger partial charge in [0.05, 0.1) is 12.8 Å². The quantitative estimate of drug-likeness (QED) is 0.880. The lowest BCUT2D eigenvalue weighted by atomic mass is 9.98. The Bertz CT molecular complexity index is 395. The van der Waals surface area contributed by atoms with Crippen molar-refractivity contribution in [3.63, 3.8) is 0 Å². The second-order valence-electron chi connectivity index (χ2n) is 5.12. The molecule has 2 heterocycles. The number of ether oxygens (including phenoxy) is 1. The van der Waals surface area contributed by atoms with Crippen LogP contribution in [0.25, 0.3) is 0 Å². The maximum absolute atomic E-state index is 5.77. The second kappa shape index (κ2) is 6.16. The zero-order valence-corrected chi connectivity index (χ0v) is 11.4. The van der Waals surface area contributed by atoms with Gasteiger partial charge in [-0.25, -0.2) is 0 Å². The summed E-state index contributed by atoms with van der Waals surface area (Å²) in [5.41, 5.74) is 7.86. The molecule has 0 amide bonds. The number of piperidine rings is 1. The fourth-order valence-corrected chi connectivity index (χ4v) is 2.62. The highest BCUT2D eigenvalue weighted by atomic mass is 16.5. The predicted molar refractivity (Wildman–Crippen MR) is 72.6 cm³/mol. The fourth-order valence-electron chi connectivity index (χ4n) is 2.62. The normalized spacial score (nSPS) is 20.9. The summed E-state index contributed by atoms with van der Waals surface area (Å²) < 4.78 is 5.29. The molecule has 2 rings (SSSR count). The Morgan fingerprint density at radius 1 is 1.50 bits per heavy atom. The molecule has 0 bridgehead atoms. The first kappa shape index (κ1) is 13.3. The van der Waals surface area contributed by atoms with E-state index in [1.165, 1.54) is 12.8 Å². The summed E-state index contributed by atoms with van der Waals surface area (Å²) in [7, 11) is 1.70. The molecule has 1 saturated heterocycles. The molecule has 0 spiro atoms. The lowest BCUT2D eigenvalue weighted by Crippen LogP contribution is -2.38. The largest absolute Gasteiger partial charge is 0.497 e. The number of hydrogen-bond acceptors (Lipinski definition) is 4. The molecular weight excluding hydrogens is 226 g/mol. The van der Waals surface area contributed by atoms with Gasteiger partial charge in [-0.2, -0.15) is 0 Å². The zero-order valence-electron chi connectivity index (χ0n) is 11.4. The van der Waals surface area contributed by atoms with Crippen LogP contribution < -0.4 is 10.5 Å². The predicted octanol–water partition coefficient (Wildman–Crippen LogP) is 1.57. The summed E-state index contributed by atoms with van der Waals surface area (Å²) in [6.07, 6.45) is 2.50. The Morgan fingerprint density at radius 2 is 2.33 bits per heavy atom. The van der Waals surface area contributed by atoms with Crippen LogP contribution in [0.15, 0.2) is 12.1 Å². The third kappa shape index (κ3) is 3.43. The number of aryl methyl sites for hydroxylation is 1. The van der Waals surface area contributed by atoms with Gasteiger partial charge in [-0.1, -0.05) is 0 Å². The van der Waals surface area contributed by atoms with Gasteiger partial charge in [-0.05, 0) is 38.8 Å². The number of hydrogen-bond donors (Lipinski definition) is 1. The number of nitrogens with two attached hydrogens (primary N) is 1. The van der Waals surface area contributed by atoms with Gasteiger partial charge in [-0.15, -0.1) is 0 Å². The lowest BCUT2D eigenvalue weighted by Gasteiger charge is -2.31. The minimum atomic E-state index is 0.644. The Kier molecular flexibility index (Phi) is 4.55. The minimum absolute atomic E-state index is 0.644. The van der Waals surface area contributed by atoms with E-state index < -0.39 is 0 Å². The summed E-state index contributed by atoms with van der Waals surface area (Å²) in [6.45, 7) is 5.93. The van der Waals surface area contributed by atoms with Crippen molar-refractivity contribution in [1.82, 2.24) is 9.88 Å². The Hall–Kier alpha value is -1.13. The van der Waals surface area contributed by atoms with Crippen LogP contribution in [-0.4, -0.2) is 36.6 Å². The number of rotatable bonds is 4. The first-order valence-corrected chi connectivity index (χ1v) is 6.65. The highest BCUT2D eigenvalue weighted by Crippen LogP contribution is 2.19. The zero-order chi connectivity index (χ0) is 13.0. The van der Waals surface area contributed by atoms with Crippen molar-refractivity contribution in [1.29, 1.82) is 0 Å². The molecule has 1 unspecified atom stereocenters. The number of likely N-dealkylation sites (tertiary alicyclic amines) is 1. The molecule has 100 valence electrons. The molecule has 0 saturated carbocycles. The van der Waals surface area contributed by atoms with Crippen LogP contribution >= 0.6 is 0 Å². The molecule has 1 aromatic rings. The van der Waals surface area contributed by atoms with Gasteiger partial charge in [0.1, 0.15) is 5.75 Å². The summed E-state index contributed by atoms with van der Waals surface area (Å²) in [5.74, 6) is 1.54. The summed E-state index contributed by atoms with van der Waals surface area (Å²) >= 11 is 0. The molecule has 1 aliphatic rings. The van der Waals surface area contributed by atoms with Crippen molar-refractivity contribution in [3.05, 3.63) is 23.5 Å². The summed E-state index contributed by atoms with van der Waals surface area (Å²) in [6, 6.07) is 3.99. The maximum Gasteiger partial charge on any atom is 0.122 e. The van der Waals surface area contributed by atoms with E-state index in [0.29, 0.717) is 5.92 Å². The molecule has 18 heavy (non-hydrogen) atoms. The van der Waals surface area contributed by atoms with Crippen molar-refractivity contribution in [3.8, 4) is 5.75 Å². The van der Waals surface area contributed by atoms with Gasteiger partial charge >= 0.3 is 0 Å². The average molecular weight is 249 g/mol. The summed E-state index contributed by atoms with van der Waals surface area (Å²) in [5, 5.41) is 0. The van der Waals surface area contributed by atoms with E-state index in [1.807, 2.05) is 19.1 Å². The molecule has 2 N–H and O–H groups in total. The van der Waals surface area contributed by atoms with Crippen LogP contribution in [0.2, 0.25) is 0 Å². The van der Waals surface area contributed by atoms with Gasteiger partial charge < -0.3 is 10.5 Å². The monoisotopic (exact) mass is 249 g/mol. The Morgan fingerprint density at radius 3 is 3.06 bits per heavy atom. The molecule has 1 aliphatic heterocycles. The van der Waals surface area contributed by atoms with Crippen molar-refractivity contribution in [2.45, 2.75) is 26.3 Å². The number of methoxy groups -OCH3 is 1. The third-order valence-corrected chi connectivity index (χ3v) is 3.54. The first-order chi connectivity index (χ1) is 8.71. The number of aromatic nitrogens is 1. The molecule has 0 radical (unpaired) electrons. The van der Waals surface area contributed by atoms with E-state index >= 15 is 0 Å². The van der Waals surface area contributed by atoms with Crippen LogP contribution in [-0.2, 0) is 6.54 Å².